The summed E-state index contributed by atoms with van der Waals surface area (Å²) in [6.45, 7) is 3.39. The van der Waals surface area contributed by atoms with Gasteiger partial charge in [0, 0.05) is 6.07 Å². The number of halogens is 1. The van der Waals surface area contributed by atoms with Crippen molar-refractivity contribution >= 4 is 5.82 Å². The topological polar surface area (TPSA) is 73.1 Å². The molecule has 0 aliphatic rings. The molecule has 0 spiro atoms. The number of nitrogens with two attached hydrogens (primary N) is 1. The number of rotatable bonds is 3. The maximum Gasteiger partial charge on any atom is 0.224 e. The van der Waals surface area contributed by atoms with E-state index in [9.17, 15) is 4.39 Å². The second-order valence-electron chi connectivity index (χ2n) is 3.80. The lowest BCUT2D eigenvalue weighted by Crippen LogP contribution is -2.09. The van der Waals surface area contributed by atoms with Crippen LogP contribution >= 0.6 is 0 Å². The predicted octanol–water partition coefficient (Wildman–Crippen LogP) is 2.31. The molecule has 1 heterocycles. The van der Waals surface area contributed by atoms with Gasteiger partial charge in [-0.05, 0) is 37.6 Å². The number of hydrogen-bond donors (Lipinski definition) is 2. The smallest absolute Gasteiger partial charge is 0.224 e. The Bertz CT molecular complexity index is 574. The Morgan fingerprint density at radius 1 is 1.22 bits per heavy atom. The van der Waals surface area contributed by atoms with Crippen LogP contribution in [0.2, 0.25) is 0 Å². The number of hydrazine groups is 1. The largest absolute Gasteiger partial charge is 0.439 e. The monoisotopic (exact) mass is 248 g/mol. The van der Waals surface area contributed by atoms with Gasteiger partial charge in [0.2, 0.25) is 5.88 Å². The Labute approximate surface area is 104 Å². The van der Waals surface area contributed by atoms with Gasteiger partial charge in [-0.25, -0.2) is 15.2 Å². The minimum absolute atomic E-state index is 0.273. The van der Waals surface area contributed by atoms with Gasteiger partial charge in [0.15, 0.2) is 0 Å². The second kappa shape index (κ2) is 4.97. The van der Waals surface area contributed by atoms with E-state index in [1.165, 1.54) is 12.1 Å². The van der Waals surface area contributed by atoms with Gasteiger partial charge in [-0.2, -0.15) is 4.98 Å². The third kappa shape index (κ3) is 2.72. The van der Waals surface area contributed by atoms with Crippen molar-refractivity contribution in [2.24, 2.45) is 5.84 Å². The third-order valence-corrected chi connectivity index (χ3v) is 2.31. The predicted molar refractivity (Wildman–Crippen MR) is 65.8 cm³/mol. The average molecular weight is 248 g/mol. The van der Waals surface area contributed by atoms with Crippen molar-refractivity contribution in [3.63, 3.8) is 0 Å². The van der Waals surface area contributed by atoms with Gasteiger partial charge in [-0.3, -0.25) is 0 Å². The zero-order chi connectivity index (χ0) is 13.1. The molecule has 5 nitrogen and oxygen atoms in total. The van der Waals surface area contributed by atoms with Crippen LogP contribution in [0.1, 0.15) is 11.4 Å². The third-order valence-electron chi connectivity index (χ3n) is 2.31. The normalized spacial score (nSPS) is 10.2. The molecule has 0 bridgehead atoms. The molecular weight excluding hydrogens is 235 g/mol. The van der Waals surface area contributed by atoms with Crippen LogP contribution in [0.25, 0.3) is 0 Å². The summed E-state index contributed by atoms with van der Waals surface area (Å²) >= 11 is 0. The number of nitrogens with zero attached hydrogens (tertiary/aromatic N) is 2. The Morgan fingerprint density at radius 2 is 2.00 bits per heavy atom. The number of aromatic nitrogens is 2. The first kappa shape index (κ1) is 12.3. The molecule has 2 aromatic rings. The van der Waals surface area contributed by atoms with Crippen molar-refractivity contribution < 1.29 is 9.13 Å². The molecule has 0 fully saturated rings. The van der Waals surface area contributed by atoms with Crippen molar-refractivity contribution in [3.8, 4) is 11.6 Å². The van der Waals surface area contributed by atoms with Crippen LogP contribution in [-0.2, 0) is 0 Å². The summed E-state index contributed by atoms with van der Waals surface area (Å²) in [5.74, 6) is 6.85. The van der Waals surface area contributed by atoms with E-state index in [4.69, 9.17) is 10.6 Å². The number of benzene rings is 1. The first-order chi connectivity index (χ1) is 8.58. The summed E-state index contributed by atoms with van der Waals surface area (Å²) in [7, 11) is 0. The van der Waals surface area contributed by atoms with Crippen molar-refractivity contribution in [1.82, 2.24) is 9.97 Å². The molecule has 6 heteroatoms. The highest BCUT2D eigenvalue weighted by Gasteiger charge is 2.05. The van der Waals surface area contributed by atoms with Gasteiger partial charge >= 0.3 is 0 Å². The van der Waals surface area contributed by atoms with E-state index in [1.54, 1.807) is 26.0 Å². The zero-order valence-corrected chi connectivity index (χ0v) is 10.1. The Balaban J connectivity index is 2.27. The van der Waals surface area contributed by atoms with Gasteiger partial charge in [0.05, 0.1) is 0 Å². The molecule has 0 saturated heterocycles. The van der Waals surface area contributed by atoms with E-state index in [-0.39, 0.29) is 5.82 Å². The minimum Gasteiger partial charge on any atom is -0.439 e. The van der Waals surface area contributed by atoms with Gasteiger partial charge in [0.25, 0.3) is 0 Å². The van der Waals surface area contributed by atoms with Crippen LogP contribution in [0, 0.1) is 19.7 Å². The number of aryl methyl sites for hydroxylation is 2. The summed E-state index contributed by atoms with van der Waals surface area (Å²) in [5.41, 5.74) is 2.93. The molecular formula is C12H13FN4O. The standard InChI is InChI=1S/C12H13FN4O/c1-7-5-9(3-4-10(7)13)18-12-6-11(17-14)15-8(2)16-12/h3-6H,14H2,1-2H3,(H,15,16,17). The van der Waals surface area contributed by atoms with E-state index in [0.29, 0.717) is 28.8 Å². The van der Waals surface area contributed by atoms with Crippen molar-refractivity contribution in [2.75, 3.05) is 5.43 Å². The van der Waals surface area contributed by atoms with E-state index in [1.807, 2.05) is 0 Å². The minimum atomic E-state index is -0.273. The lowest BCUT2D eigenvalue weighted by molar-refractivity contribution is 0.458. The molecule has 0 atom stereocenters. The van der Waals surface area contributed by atoms with Gasteiger partial charge in [-0.1, -0.05) is 0 Å². The quantitative estimate of drug-likeness (QED) is 0.644. The van der Waals surface area contributed by atoms with Crippen LogP contribution in [0.5, 0.6) is 11.6 Å². The van der Waals surface area contributed by atoms with Crippen molar-refractivity contribution in [3.05, 3.63) is 41.5 Å². The number of nitrogen functional groups attached to an aromatic ring is 1. The molecule has 0 amide bonds. The molecule has 0 aliphatic carbocycles. The van der Waals surface area contributed by atoms with E-state index in [2.05, 4.69) is 15.4 Å². The summed E-state index contributed by atoms with van der Waals surface area (Å²) in [4.78, 5) is 8.14. The SMILES string of the molecule is Cc1nc(NN)cc(Oc2ccc(F)c(C)c2)n1. The Hall–Kier alpha value is -2.21. The summed E-state index contributed by atoms with van der Waals surface area (Å²) < 4.78 is 18.6. The maximum absolute atomic E-state index is 13.1. The molecule has 1 aromatic carbocycles. The first-order valence-electron chi connectivity index (χ1n) is 5.35. The van der Waals surface area contributed by atoms with E-state index in [0.717, 1.165) is 0 Å². The van der Waals surface area contributed by atoms with Gasteiger partial charge < -0.3 is 10.2 Å². The molecule has 18 heavy (non-hydrogen) atoms. The van der Waals surface area contributed by atoms with E-state index < -0.39 is 0 Å². The number of ether oxygens (including phenoxy) is 1. The highest BCUT2D eigenvalue weighted by Crippen LogP contribution is 2.23. The average Bonchev–Trinajstić information content (AvgIpc) is 2.33. The summed E-state index contributed by atoms with van der Waals surface area (Å²) in [5, 5.41) is 0. The van der Waals surface area contributed by atoms with Crippen LogP contribution in [0.3, 0.4) is 0 Å². The van der Waals surface area contributed by atoms with Crippen LogP contribution in [0.4, 0.5) is 10.2 Å². The van der Waals surface area contributed by atoms with Crippen LogP contribution in [-0.4, -0.2) is 9.97 Å². The molecule has 0 radical (unpaired) electrons. The summed E-state index contributed by atoms with van der Waals surface area (Å²) in [6.07, 6.45) is 0. The molecule has 0 aliphatic heterocycles. The lowest BCUT2D eigenvalue weighted by atomic mass is 10.2. The lowest BCUT2D eigenvalue weighted by Gasteiger charge is -2.08. The highest BCUT2D eigenvalue weighted by molar-refractivity contribution is 5.39. The van der Waals surface area contributed by atoms with Crippen LogP contribution < -0.4 is 16.0 Å². The molecule has 2 rings (SSSR count). The number of nitrogens with one attached hydrogen (secondary N) is 1. The first-order valence-corrected chi connectivity index (χ1v) is 5.35. The maximum atomic E-state index is 13.1. The summed E-state index contributed by atoms with van der Waals surface area (Å²) in [6, 6.07) is 6.05. The second-order valence-corrected chi connectivity index (χ2v) is 3.80. The molecule has 94 valence electrons. The Morgan fingerprint density at radius 3 is 2.67 bits per heavy atom. The van der Waals surface area contributed by atoms with Crippen LogP contribution in [0.15, 0.2) is 24.3 Å². The zero-order valence-electron chi connectivity index (χ0n) is 10.1. The number of anilines is 1. The Kier molecular flexibility index (Phi) is 3.38. The van der Waals surface area contributed by atoms with Crippen molar-refractivity contribution in [1.29, 1.82) is 0 Å². The molecule has 0 unspecified atom stereocenters. The fourth-order valence-electron chi connectivity index (χ4n) is 1.47. The molecule has 3 N–H and O–H groups in total. The van der Waals surface area contributed by atoms with Gasteiger partial charge in [0.1, 0.15) is 23.2 Å². The molecule has 0 saturated carbocycles. The van der Waals surface area contributed by atoms with Gasteiger partial charge in [-0.15, -0.1) is 0 Å². The fourth-order valence-corrected chi connectivity index (χ4v) is 1.47. The van der Waals surface area contributed by atoms with Crippen molar-refractivity contribution in [2.45, 2.75) is 13.8 Å². The number of hydrogen-bond acceptors (Lipinski definition) is 5. The fraction of sp³-hybridized carbons (Fsp3) is 0.167. The van der Waals surface area contributed by atoms with E-state index >= 15 is 0 Å². The highest BCUT2D eigenvalue weighted by atomic mass is 19.1. The molecule has 1 aromatic heterocycles.